The number of ether oxygens (including phenoxy) is 1. The third kappa shape index (κ3) is 3.90. The van der Waals surface area contributed by atoms with E-state index in [4.69, 9.17) is 27.9 Å². The van der Waals surface area contributed by atoms with Gasteiger partial charge in [-0.05, 0) is 42.8 Å². The second-order valence-corrected chi connectivity index (χ2v) is 5.45. The minimum Gasteiger partial charge on any atom is -0.465 e. The second kappa shape index (κ2) is 6.83. The van der Waals surface area contributed by atoms with Gasteiger partial charge in [-0.3, -0.25) is 0 Å². The average Bonchev–Trinajstić information content (AvgIpc) is 2.49. The number of benzene rings is 2. The van der Waals surface area contributed by atoms with Crippen molar-refractivity contribution in [3.05, 3.63) is 63.6 Å². The van der Waals surface area contributed by atoms with E-state index in [-0.39, 0.29) is 6.04 Å². The molecule has 3 nitrogen and oxygen atoms in total. The van der Waals surface area contributed by atoms with Crippen LogP contribution in [0.2, 0.25) is 10.0 Å². The Morgan fingerprint density at radius 3 is 2.43 bits per heavy atom. The summed E-state index contributed by atoms with van der Waals surface area (Å²) in [6, 6.07) is 12.6. The van der Waals surface area contributed by atoms with Crippen molar-refractivity contribution in [2.45, 2.75) is 13.0 Å². The Bertz CT molecular complexity index is 641. The fourth-order valence-corrected chi connectivity index (χ4v) is 2.25. The first-order valence-corrected chi connectivity index (χ1v) is 7.16. The third-order valence-electron chi connectivity index (χ3n) is 3.13. The molecule has 0 heterocycles. The zero-order chi connectivity index (χ0) is 15.4. The van der Waals surface area contributed by atoms with E-state index in [0.29, 0.717) is 21.3 Å². The largest absolute Gasteiger partial charge is 0.465 e. The summed E-state index contributed by atoms with van der Waals surface area (Å²) >= 11 is 12.0. The Balaban J connectivity index is 2.22. The van der Waals surface area contributed by atoms with Gasteiger partial charge in [-0.1, -0.05) is 35.3 Å². The molecule has 0 amide bonds. The molecule has 0 saturated heterocycles. The van der Waals surface area contributed by atoms with E-state index in [0.717, 1.165) is 5.56 Å². The number of halogens is 2. The predicted molar refractivity (Wildman–Crippen MR) is 86.3 cm³/mol. The van der Waals surface area contributed by atoms with Crippen LogP contribution in [0.1, 0.15) is 28.9 Å². The van der Waals surface area contributed by atoms with Gasteiger partial charge in [0.05, 0.1) is 23.4 Å². The van der Waals surface area contributed by atoms with E-state index < -0.39 is 5.97 Å². The lowest BCUT2D eigenvalue weighted by Gasteiger charge is -2.17. The summed E-state index contributed by atoms with van der Waals surface area (Å²) in [5.74, 6) is -0.395. The molecule has 2 rings (SSSR count). The second-order valence-electron chi connectivity index (χ2n) is 4.60. The van der Waals surface area contributed by atoms with Crippen molar-refractivity contribution in [2.24, 2.45) is 0 Å². The van der Waals surface area contributed by atoms with Crippen molar-refractivity contribution >= 4 is 34.9 Å². The standard InChI is InChI=1S/C16H15Cl2NO2/c1-10(11-3-6-13(17)7-4-11)19-15-9-12(16(20)21-2)5-8-14(15)18/h3-10,19H,1-2H3. The molecular formula is C16H15Cl2NO2. The average molecular weight is 324 g/mol. The van der Waals surface area contributed by atoms with Crippen LogP contribution in [0.25, 0.3) is 0 Å². The minimum atomic E-state index is -0.395. The fraction of sp³-hybridized carbons (Fsp3) is 0.188. The Morgan fingerprint density at radius 2 is 1.81 bits per heavy atom. The maximum absolute atomic E-state index is 11.6. The number of anilines is 1. The first-order valence-electron chi connectivity index (χ1n) is 6.41. The Kier molecular flexibility index (Phi) is 5.10. The summed E-state index contributed by atoms with van der Waals surface area (Å²) in [6.45, 7) is 2.00. The summed E-state index contributed by atoms with van der Waals surface area (Å²) in [6.07, 6.45) is 0. The number of methoxy groups -OCH3 is 1. The van der Waals surface area contributed by atoms with Gasteiger partial charge >= 0.3 is 5.97 Å². The van der Waals surface area contributed by atoms with Crippen LogP contribution in [0.15, 0.2) is 42.5 Å². The maximum atomic E-state index is 11.6. The zero-order valence-electron chi connectivity index (χ0n) is 11.7. The number of rotatable bonds is 4. The van der Waals surface area contributed by atoms with Crippen LogP contribution in [-0.4, -0.2) is 13.1 Å². The number of carbonyl (C=O) groups is 1. The van der Waals surface area contributed by atoms with E-state index in [1.807, 2.05) is 31.2 Å². The molecule has 1 unspecified atom stereocenters. The molecule has 2 aromatic rings. The van der Waals surface area contributed by atoms with Crippen molar-refractivity contribution in [1.82, 2.24) is 0 Å². The monoisotopic (exact) mass is 323 g/mol. The molecule has 0 aliphatic heterocycles. The zero-order valence-corrected chi connectivity index (χ0v) is 13.2. The normalized spacial score (nSPS) is 11.8. The summed E-state index contributed by atoms with van der Waals surface area (Å²) in [4.78, 5) is 11.6. The molecule has 2 aromatic carbocycles. The summed E-state index contributed by atoms with van der Waals surface area (Å²) in [5.41, 5.74) is 2.20. The van der Waals surface area contributed by atoms with Crippen molar-refractivity contribution in [2.75, 3.05) is 12.4 Å². The highest BCUT2D eigenvalue weighted by atomic mass is 35.5. The molecule has 0 spiro atoms. The highest BCUT2D eigenvalue weighted by Gasteiger charge is 2.12. The molecule has 0 aromatic heterocycles. The number of esters is 1. The van der Waals surface area contributed by atoms with E-state index in [9.17, 15) is 4.79 Å². The van der Waals surface area contributed by atoms with E-state index in [1.165, 1.54) is 7.11 Å². The molecular weight excluding hydrogens is 309 g/mol. The first-order chi connectivity index (χ1) is 10.0. The molecule has 5 heteroatoms. The molecule has 0 aliphatic carbocycles. The molecule has 0 aliphatic rings. The smallest absolute Gasteiger partial charge is 0.337 e. The van der Waals surface area contributed by atoms with Crippen LogP contribution >= 0.6 is 23.2 Å². The molecule has 0 radical (unpaired) electrons. The molecule has 110 valence electrons. The summed E-state index contributed by atoms with van der Waals surface area (Å²) < 4.78 is 4.71. The molecule has 1 atom stereocenters. The minimum absolute atomic E-state index is 0.0210. The highest BCUT2D eigenvalue weighted by Crippen LogP contribution is 2.28. The maximum Gasteiger partial charge on any atom is 0.337 e. The number of hydrogen-bond donors (Lipinski definition) is 1. The van der Waals surface area contributed by atoms with Crippen LogP contribution in [0, 0.1) is 0 Å². The topological polar surface area (TPSA) is 38.3 Å². The number of carbonyl (C=O) groups excluding carboxylic acids is 1. The van der Waals surface area contributed by atoms with Crippen molar-refractivity contribution in [3.63, 3.8) is 0 Å². The molecule has 1 N–H and O–H groups in total. The summed E-state index contributed by atoms with van der Waals surface area (Å²) in [5, 5.41) is 4.52. The van der Waals surface area contributed by atoms with Gasteiger partial charge in [-0.15, -0.1) is 0 Å². The van der Waals surface area contributed by atoms with Gasteiger partial charge in [0.1, 0.15) is 0 Å². The van der Waals surface area contributed by atoms with Gasteiger partial charge in [-0.25, -0.2) is 4.79 Å². The number of nitrogens with one attached hydrogen (secondary N) is 1. The van der Waals surface area contributed by atoms with E-state index in [2.05, 4.69) is 5.32 Å². The Morgan fingerprint density at radius 1 is 1.14 bits per heavy atom. The van der Waals surface area contributed by atoms with Crippen LogP contribution < -0.4 is 5.32 Å². The predicted octanol–water partition coefficient (Wildman–Crippen LogP) is 4.95. The quantitative estimate of drug-likeness (QED) is 0.809. The van der Waals surface area contributed by atoms with Crippen molar-refractivity contribution in [3.8, 4) is 0 Å². The lowest BCUT2D eigenvalue weighted by atomic mass is 10.1. The van der Waals surface area contributed by atoms with Crippen LogP contribution in [-0.2, 0) is 4.74 Å². The van der Waals surface area contributed by atoms with Crippen molar-refractivity contribution < 1.29 is 9.53 Å². The van der Waals surface area contributed by atoms with Crippen LogP contribution in [0.4, 0.5) is 5.69 Å². The van der Waals surface area contributed by atoms with Gasteiger partial charge in [-0.2, -0.15) is 0 Å². The molecule has 0 saturated carbocycles. The lowest BCUT2D eigenvalue weighted by Crippen LogP contribution is -2.08. The molecule has 0 fully saturated rings. The van der Waals surface area contributed by atoms with Gasteiger partial charge in [0.2, 0.25) is 0 Å². The van der Waals surface area contributed by atoms with Gasteiger partial charge < -0.3 is 10.1 Å². The van der Waals surface area contributed by atoms with Gasteiger partial charge in [0.15, 0.2) is 0 Å². The van der Waals surface area contributed by atoms with E-state index in [1.54, 1.807) is 18.2 Å². The summed E-state index contributed by atoms with van der Waals surface area (Å²) in [7, 11) is 1.35. The first kappa shape index (κ1) is 15.7. The van der Waals surface area contributed by atoms with Crippen LogP contribution in [0.3, 0.4) is 0 Å². The van der Waals surface area contributed by atoms with Crippen LogP contribution in [0.5, 0.6) is 0 Å². The van der Waals surface area contributed by atoms with Gasteiger partial charge in [0.25, 0.3) is 0 Å². The Labute approximate surface area is 133 Å². The fourth-order valence-electron chi connectivity index (χ4n) is 1.95. The molecule has 0 bridgehead atoms. The highest BCUT2D eigenvalue weighted by molar-refractivity contribution is 6.33. The van der Waals surface area contributed by atoms with Crippen molar-refractivity contribution in [1.29, 1.82) is 0 Å². The molecule has 21 heavy (non-hydrogen) atoms. The number of hydrogen-bond acceptors (Lipinski definition) is 3. The SMILES string of the molecule is COC(=O)c1ccc(Cl)c(NC(C)c2ccc(Cl)cc2)c1. The van der Waals surface area contributed by atoms with Gasteiger partial charge in [0, 0.05) is 11.1 Å². The third-order valence-corrected chi connectivity index (χ3v) is 3.71. The lowest BCUT2D eigenvalue weighted by molar-refractivity contribution is 0.0601. The Hall–Kier alpha value is -1.71. The van der Waals surface area contributed by atoms with E-state index >= 15 is 0 Å².